The lowest BCUT2D eigenvalue weighted by Gasteiger charge is -2.06. The first-order valence-corrected chi connectivity index (χ1v) is 6.93. The van der Waals surface area contributed by atoms with Crippen molar-refractivity contribution in [3.8, 4) is 0 Å². The maximum atomic E-state index is 12.1. The average molecular weight is 247 g/mol. The zero-order valence-corrected chi connectivity index (χ0v) is 10.3. The smallest absolute Gasteiger partial charge is 0.199 e. The predicted octanol–water partition coefficient (Wildman–Crippen LogP) is 2.36. The van der Waals surface area contributed by atoms with Crippen LogP contribution in [0.15, 0.2) is 53.7 Å². The van der Waals surface area contributed by atoms with Gasteiger partial charge in [0.2, 0.25) is 0 Å². The molecule has 0 fully saturated rings. The molecule has 0 aliphatic heterocycles. The third kappa shape index (κ3) is 2.71. The van der Waals surface area contributed by atoms with Gasteiger partial charge in [0.1, 0.15) is 0 Å². The molecule has 0 bridgehead atoms. The maximum absolute atomic E-state index is 12.1. The quantitative estimate of drug-likeness (QED) is 0.836. The number of hydrogen-bond acceptors (Lipinski definition) is 3. The number of nitrogens with zero attached hydrogens (tertiary/aromatic N) is 1. The highest BCUT2D eigenvalue weighted by atomic mass is 32.2. The van der Waals surface area contributed by atoms with Gasteiger partial charge in [-0.25, -0.2) is 13.4 Å². The highest BCUT2D eigenvalue weighted by molar-refractivity contribution is 7.90. The molecule has 0 unspecified atom stereocenters. The minimum absolute atomic E-state index is 0.00329. The van der Waals surface area contributed by atoms with Gasteiger partial charge in [-0.2, -0.15) is 0 Å². The van der Waals surface area contributed by atoms with Crippen molar-refractivity contribution in [1.82, 2.24) is 4.98 Å². The van der Waals surface area contributed by atoms with E-state index in [4.69, 9.17) is 0 Å². The minimum Gasteiger partial charge on any atom is -0.245 e. The number of sulfone groups is 1. The van der Waals surface area contributed by atoms with E-state index in [0.29, 0.717) is 0 Å². The summed E-state index contributed by atoms with van der Waals surface area (Å²) in [6, 6.07) is 12.4. The van der Waals surface area contributed by atoms with Crippen molar-refractivity contribution < 1.29 is 8.42 Å². The van der Waals surface area contributed by atoms with E-state index >= 15 is 0 Å². The lowest BCUT2D eigenvalue weighted by molar-refractivity contribution is 0.591. The van der Waals surface area contributed by atoms with Gasteiger partial charge in [0.15, 0.2) is 14.9 Å². The number of rotatable bonds is 3. The molecule has 0 aliphatic rings. The summed E-state index contributed by atoms with van der Waals surface area (Å²) in [6.45, 7) is 1.91. The number of benzene rings is 1. The molecule has 0 aliphatic carbocycles. The van der Waals surface area contributed by atoms with Crippen LogP contribution >= 0.6 is 0 Å². The van der Waals surface area contributed by atoms with Crippen LogP contribution < -0.4 is 0 Å². The van der Waals surface area contributed by atoms with Crippen LogP contribution in [-0.4, -0.2) is 13.4 Å². The Labute approximate surface area is 101 Å². The van der Waals surface area contributed by atoms with Gasteiger partial charge in [-0.1, -0.05) is 30.3 Å². The summed E-state index contributed by atoms with van der Waals surface area (Å²) >= 11 is 0. The zero-order valence-electron chi connectivity index (χ0n) is 9.50. The van der Waals surface area contributed by atoms with Gasteiger partial charge in [-0.05, 0) is 30.2 Å². The van der Waals surface area contributed by atoms with E-state index < -0.39 is 9.84 Å². The van der Waals surface area contributed by atoms with Crippen molar-refractivity contribution in [2.24, 2.45) is 0 Å². The minimum atomic E-state index is -3.35. The molecule has 0 saturated carbocycles. The Kier molecular flexibility index (Phi) is 3.24. The molecule has 2 aromatic rings. The highest BCUT2D eigenvalue weighted by Crippen LogP contribution is 2.16. The van der Waals surface area contributed by atoms with Crippen LogP contribution in [-0.2, 0) is 15.6 Å². The van der Waals surface area contributed by atoms with Crippen molar-refractivity contribution in [3.05, 3.63) is 59.8 Å². The molecule has 1 aromatic heterocycles. The van der Waals surface area contributed by atoms with E-state index in [1.807, 2.05) is 31.2 Å². The number of hydrogen-bond donors (Lipinski definition) is 0. The van der Waals surface area contributed by atoms with Crippen LogP contribution in [0.1, 0.15) is 11.1 Å². The van der Waals surface area contributed by atoms with Gasteiger partial charge in [0.25, 0.3) is 0 Å². The van der Waals surface area contributed by atoms with Gasteiger partial charge >= 0.3 is 0 Å². The largest absolute Gasteiger partial charge is 0.245 e. The van der Waals surface area contributed by atoms with Crippen LogP contribution in [0, 0.1) is 6.92 Å². The maximum Gasteiger partial charge on any atom is 0.199 e. The van der Waals surface area contributed by atoms with Crippen LogP contribution in [0.5, 0.6) is 0 Å². The van der Waals surface area contributed by atoms with E-state index in [-0.39, 0.29) is 10.8 Å². The second-order valence-corrected chi connectivity index (χ2v) is 5.79. The summed E-state index contributed by atoms with van der Waals surface area (Å²) in [6.07, 6.45) is 1.49. The van der Waals surface area contributed by atoms with Gasteiger partial charge in [0.05, 0.1) is 5.75 Å². The average Bonchev–Trinajstić information content (AvgIpc) is 2.33. The van der Waals surface area contributed by atoms with Gasteiger partial charge < -0.3 is 0 Å². The Morgan fingerprint density at radius 3 is 2.41 bits per heavy atom. The fourth-order valence-corrected chi connectivity index (χ4v) is 2.97. The molecule has 3 nitrogen and oxygen atoms in total. The van der Waals surface area contributed by atoms with E-state index in [0.717, 1.165) is 11.1 Å². The van der Waals surface area contributed by atoms with E-state index in [1.54, 1.807) is 12.1 Å². The molecule has 88 valence electrons. The second kappa shape index (κ2) is 4.67. The SMILES string of the molecule is Cc1ccccc1CS(=O)(=O)c1ccccn1. The molecular weight excluding hydrogens is 234 g/mol. The van der Waals surface area contributed by atoms with E-state index in [9.17, 15) is 8.42 Å². The Hall–Kier alpha value is -1.68. The Bertz CT molecular complexity index is 606. The number of aryl methyl sites for hydroxylation is 1. The normalized spacial score (nSPS) is 11.4. The van der Waals surface area contributed by atoms with Gasteiger partial charge in [0, 0.05) is 6.20 Å². The van der Waals surface area contributed by atoms with Gasteiger partial charge in [-0.15, -0.1) is 0 Å². The monoisotopic (exact) mass is 247 g/mol. The molecule has 0 atom stereocenters. The second-order valence-electron chi connectivity index (χ2n) is 3.85. The molecule has 1 heterocycles. The van der Waals surface area contributed by atoms with Gasteiger partial charge in [-0.3, -0.25) is 0 Å². The third-order valence-corrected chi connectivity index (χ3v) is 4.13. The molecule has 4 heteroatoms. The van der Waals surface area contributed by atoms with Crippen LogP contribution in [0.2, 0.25) is 0 Å². The Morgan fingerprint density at radius 1 is 1.06 bits per heavy atom. The molecule has 1 aromatic carbocycles. The fourth-order valence-electron chi connectivity index (χ4n) is 1.58. The van der Waals surface area contributed by atoms with E-state index in [1.165, 1.54) is 12.3 Å². The predicted molar refractivity (Wildman–Crippen MR) is 66.3 cm³/mol. The zero-order chi connectivity index (χ0) is 12.3. The molecule has 0 N–H and O–H groups in total. The highest BCUT2D eigenvalue weighted by Gasteiger charge is 2.16. The summed E-state index contributed by atoms with van der Waals surface area (Å²) < 4.78 is 24.2. The van der Waals surface area contributed by atoms with Crippen LogP contribution in [0.4, 0.5) is 0 Å². The molecule has 0 radical (unpaired) electrons. The molecule has 0 amide bonds. The third-order valence-electron chi connectivity index (χ3n) is 2.56. The molecule has 0 spiro atoms. The van der Waals surface area contributed by atoms with Crippen molar-refractivity contribution >= 4 is 9.84 Å². The Morgan fingerprint density at radius 2 is 1.76 bits per heavy atom. The standard InChI is InChI=1S/C13H13NO2S/c1-11-6-2-3-7-12(11)10-17(15,16)13-8-4-5-9-14-13/h2-9H,10H2,1H3. The summed E-state index contributed by atoms with van der Waals surface area (Å²) in [5, 5.41) is 0.128. The lowest BCUT2D eigenvalue weighted by Crippen LogP contribution is -2.07. The summed E-state index contributed by atoms with van der Waals surface area (Å²) in [5.41, 5.74) is 1.80. The van der Waals surface area contributed by atoms with Crippen molar-refractivity contribution in [1.29, 1.82) is 0 Å². The first-order chi connectivity index (χ1) is 8.09. The summed E-state index contributed by atoms with van der Waals surface area (Å²) in [4.78, 5) is 3.89. The summed E-state index contributed by atoms with van der Waals surface area (Å²) in [7, 11) is -3.35. The molecular formula is C13H13NO2S. The first-order valence-electron chi connectivity index (χ1n) is 5.28. The van der Waals surface area contributed by atoms with E-state index in [2.05, 4.69) is 4.98 Å². The Balaban J connectivity index is 2.34. The lowest BCUT2D eigenvalue weighted by atomic mass is 10.1. The topological polar surface area (TPSA) is 47.0 Å². The summed E-state index contributed by atoms with van der Waals surface area (Å²) in [5.74, 6) is -0.00329. The molecule has 17 heavy (non-hydrogen) atoms. The van der Waals surface area contributed by atoms with Crippen molar-refractivity contribution in [2.75, 3.05) is 0 Å². The molecule has 2 rings (SSSR count). The van der Waals surface area contributed by atoms with Crippen LogP contribution in [0.3, 0.4) is 0 Å². The first kappa shape index (κ1) is 11.8. The van der Waals surface area contributed by atoms with Crippen LogP contribution in [0.25, 0.3) is 0 Å². The fraction of sp³-hybridized carbons (Fsp3) is 0.154. The van der Waals surface area contributed by atoms with Crippen molar-refractivity contribution in [2.45, 2.75) is 17.7 Å². The molecule has 0 saturated heterocycles. The van der Waals surface area contributed by atoms with Crippen molar-refractivity contribution in [3.63, 3.8) is 0 Å². The number of aromatic nitrogens is 1. The number of pyridine rings is 1.